The van der Waals surface area contributed by atoms with Crippen LogP contribution in [0.4, 0.5) is 0 Å². The zero-order valence-electron chi connectivity index (χ0n) is 18.0. The van der Waals surface area contributed by atoms with Gasteiger partial charge in [-0.1, -0.05) is 17.7 Å². The molecular formula is C25H17ClO9. The third-order valence-corrected chi connectivity index (χ3v) is 6.18. The van der Waals surface area contributed by atoms with Crippen LogP contribution in [0.1, 0.15) is 23.5 Å². The summed E-state index contributed by atoms with van der Waals surface area (Å²) < 4.78 is 16.5. The lowest BCUT2D eigenvalue weighted by Crippen LogP contribution is -2.22. The van der Waals surface area contributed by atoms with E-state index in [1.165, 1.54) is 13.2 Å². The zero-order valence-corrected chi connectivity index (χ0v) is 18.8. The molecule has 0 fully saturated rings. The van der Waals surface area contributed by atoms with Crippen LogP contribution in [-0.4, -0.2) is 33.5 Å². The highest BCUT2D eigenvalue weighted by Gasteiger charge is 2.34. The third-order valence-electron chi connectivity index (χ3n) is 5.88. The molecule has 0 radical (unpaired) electrons. The number of halogens is 1. The van der Waals surface area contributed by atoms with Crippen LogP contribution in [0, 0.1) is 0 Å². The third kappa shape index (κ3) is 3.57. The van der Waals surface area contributed by atoms with Gasteiger partial charge >= 0.3 is 5.97 Å². The normalized spacial score (nSPS) is 15.0. The van der Waals surface area contributed by atoms with Crippen LogP contribution in [0.2, 0.25) is 5.02 Å². The van der Waals surface area contributed by atoms with Crippen LogP contribution in [0.5, 0.6) is 34.5 Å². The molecule has 0 bridgehead atoms. The number of hydrogen-bond acceptors (Lipinski definition) is 9. The number of phenolic OH excluding ortho intramolecular Hbond substituents is 3. The first-order chi connectivity index (χ1) is 16.7. The van der Waals surface area contributed by atoms with E-state index < -0.39 is 40.3 Å². The number of ether oxygens (including phenoxy) is 2. The number of carbonyl (C=O) groups is 1. The molecule has 0 saturated heterocycles. The lowest BCUT2D eigenvalue weighted by atomic mass is 9.85. The molecule has 1 aliphatic heterocycles. The van der Waals surface area contributed by atoms with Crippen molar-refractivity contribution in [1.29, 1.82) is 0 Å². The number of esters is 1. The van der Waals surface area contributed by atoms with E-state index in [4.69, 9.17) is 25.5 Å². The van der Waals surface area contributed by atoms with Gasteiger partial charge in [0.25, 0.3) is 0 Å². The highest BCUT2D eigenvalue weighted by Crippen LogP contribution is 2.48. The molecule has 1 atom stereocenters. The molecule has 3 aromatic carbocycles. The molecule has 9 nitrogen and oxygen atoms in total. The molecule has 4 N–H and O–H groups in total. The first kappa shape index (κ1) is 22.4. The van der Waals surface area contributed by atoms with E-state index in [2.05, 4.69) is 0 Å². The Hall–Kier alpha value is -4.37. The van der Waals surface area contributed by atoms with E-state index in [0.29, 0.717) is 21.9 Å². The average molecular weight is 497 g/mol. The number of hydrogen-bond donors (Lipinski definition) is 4. The molecule has 0 unspecified atom stereocenters. The largest absolute Gasteiger partial charge is 0.507 e. The Balaban J connectivity index is 1.83. The van der Waals surface area contributed by atoms with Crippen LogP contribution < -0.4 is 14.9 Å². The van der Waals surface area contributed by atoms with Gasteiger partial charge in [0.1, 0.15) is 28.2 Å². The summed E-state index contributed by atoms with van der Waals surface area (Å²) in [5.41, 5.74) is -0.0710. The second kappa shape index (κ2) is 8.14. The molecular weight excluding hydrogens is 480 g/mol. The van der Waals surface area contributed by atoms with Gasteiger partial charge in [-0.25, -0.2) is 0 Å². The van der Waals surface area contributed by atoms with Crippen LogP contribution in [0.3, 0.4) is 0 Å². The van der Waals surface area contributed by atoms with E-state index in [1.54, 1.807) is 18.2 Å². The molecule has 2 heterocycles. The quantitative estimate of drug-likeness (QED) is 0.184. The van der Waals surface area contributed by atoms with Crippen molar-refractivity contribution in [2.45, 2.75) is 12.3 Å². The minimum absolute atomic E-state index is 0.0171. The number of benzene rings is 3. The van der Waals surface area contributed by atoms with Gasteiger partial charge in [-0.15, -0.1) is 0 Å². The lowest BCUT2D eigenvalue weighted by molar-refractivity contribution is -0.135. The first-order valence-corrected chi connectivity index (χ1v) is 10.7. The van der Waals surface area contributed by atoms with Gasteiger partial charge in [0.15, 0.2) is 17.3 Å². The average Bonchev–Trinajstić information content (AvgIpc) is 2.82. The zero-order chi connectivity index (χ0) is 25.0. The summed E-state index contributed by atoms with van der Waals surface area (Å²) in [5.74, 6) is -3.42. The summed E-state index contributed by atoms with van der Waals surface area (Å²) in [7, 11) is 1.47. The van der Waals surface area contributed by atoms with Crippen molar-refractivity contribution >= 4 is 28.5 Å². The molecule has 5 rings (SSSR count). The molecule has 0 spiro atoms. The Kier molecular flexibility index (Phi) is 5.21. The number of carbonyl (C=O) groups excluding carboxylic acids is 1. The Morgan fingerprint density at radius 2 is 1.74 bits per heavy atom. The molecule has 1 aromatic heterocycles. The van der Waals surface area contributed by atoms with Crippen LogP contribution >= 0.6 is 11.6 Å². The van der Waals surface area contributed by atoms with Crippen molar-refractivity contribution in [3.8, 4) is 45.8 Å². The molecule has 10 heteroatoms. The Morgan fingerprint density at radius 1 is 0.971 bits per heavy atom. The molecule has 0 amide bonds. The Labute approximate surface area is 202 Å². The predicted octanol–water partition coefficient (Wildman–Crippen LogP) is 4.39. The maximum atomic E-state index is 13.1. The van der Waals surface area contributed by atoms with Crippen molar-refractivity contribution in [2.75, 3.05) is 7.11 Å². The van der Waals surface area contributed by atoms with Crippen molar-refractivity contribution in [3.63, 3.8) is 0 Å². The molecule has 0 saturated carbocycles. The Bertz CT molecular complexity index is 1590. The first-order valence-electron chi connectivity index (χ1n) is 10.3. The number of fused-ring (bicyclic) bond motifs is 3. The molecule has 4 aromatic rings. The number of aromatic hydroxyl groups is 4. The summed E-state index contributed by atoms with van der Waals surface area (Å²) in [6.07, 6.45) is -0.116. The van der Waals surface area contributed by atoms with Gasteiger partial charge in [0.05, 0.1) is 18.6 Å². The van der Waals surface area contributed by atoms with Crippen molar-refractivity contribution in [2.24, 2.45) is 0 Å². The van der Waals surface area contributed by atoms with E-state index in [0.717, 1.165) is 18.2 Å². The maximum Gasteiger partial charge on any atom is 0.312 e. The topological polar surface area (TPSA) is 147 Å². The fourth-order valence-corrected chi connectivity index (χ4v) is 4.49. The number of phenols is 3. The van der Waals surface area contributed by atoms with E-state index in [1.807, 2.05) is 0 Å². The minimum Gasteiger partial charge on any atom is -0.507 e. The summed E-state index contributed by atoms with van der Waals surface area (Å²) in [6.45, 7) is 0. The highest BCUT2D eigenvalue weighted by molar-refractivity contribution is 6.32. The number of methoxy groups -OCH3 is 1. The second-order valence-corrected chi connectivity index (χ2v) is 8.36. The van der Waals surface area contributed by atoms with Gasteiger partial charge in [0.2, 0.25) is 11.2 Å². The smallest absolute Gasteiger partial charge is 0.312 e. The summed E-state index contributed by atoms with van der Waals surface area (Å²) in [4.78, 5) is 25.5. The van der Waals surface area contributed by atoms with Crippen molar-refractivity contribution in [1.82, 2.24) is 0 Å². The Morgan fingerprint density at radius 3 is 2.43 bits per heavy atom. The van der Waals surface area contributed by atoms with Crippen molar-refractivity contribution in [3.05, 3.63) is 68.8 Å². The fourth-order valence-electron chi connectivity index (χ4n) is 4.23. The van der Waals surface area contributed by atoms with E-state index in [9.17, 15) is 30.0 Å². The standard InChI is InChI=1S/C25H17ClO9/c1-33-17-5-3-10(6-13(17)26)12-8-19(30)34-18-9-16(29)21-22(31)23(32)24(35-25(21)20(12)18)11-2-4-14(27)15(28)7-11/h2-7,9,12,27-29,32H,8H2,1H3/t12-/m0/s1. The molecule has 1 aliphatic rings. The minimum atomic E-state index is -0.933. The van der Waals surface area contributed by atoms with Gasteiger partial charge in [-0.2, -0.15) is 0 Å². The summed E-state index contributed by atoms with van der Waals surface area (Å²) in [6, 6.07) is 9.67. The highest BCUT2D eigenvalue weighted by atomic mass is 35.5. The summed E-state index contributed by atoms with van der Waals surface area (Å²) in [5, 5.41) is 40.6. The van der Waals surface area contributed by atoms with Gasteiger partial charge < -0.3 is 34.3 Å². The van der Waals surface area contributed by atoms with Gasteiger partial charge in [-0.05, 0) is 35.9 Å². The lowest BCUT2D eigenvalue weighted by Gasteiger charge is -2.26. The molecule has 35 heavy (non-hydrogen) atoms. The predicted molar refractivity (Wildman–Crippen MR) is 125 cm³/mol. The summed E-state index contributed by atoms with van der Waals surface area (Å²) >= 11 is 6.30. The van der Waals surface area contributed by atoms with Gasteiger partial charge in [-0.3, -0.25) is 9.59 Å². The number of rotatable bonds is 3. The maximum absolute atomic E-state index is 13.1. The van der Waals surface area contributed by atoms with Crippen LogP contribution in [-0.2, 0) is 4.79 Å². The van der Waals surface area contributed by atoms with Gasteiger partial charge in [0, 0.05) is 23.1 Å². The van der Waals surface area contributed by atoms with Crippen molar-refractivity contribution < 1.29 is 39.1 Å². The van der Waals surface area contributed by atoms with Crippen LogP contribution in [0.15, 0.2) is 51.7 Å². The van der Waals surface area contributed by atoms with Crippen LogP contribution in [0.25, 0.3) is 22.3 Å². The SMILES string of the molecule is COc1ccc([C@@H]2CC(=O)Oc3cc(O)c4c(=O)c(O)c(-c5ccc(O)c(O)c5)oc4c32)cc1Cl. The molecule has 178 valence electrons. The fraction of sp³-hybridized carbons (Fsp3) is 0.120. The second-order valence-electron chi connectivity index (χ2n) is 7.95. The molecule has 0 aliphatic carbocycles. The monoisotopic (exact) mass is 496 g/mol. The van der Waals surface area contributed by atoms with E-state index >= 15 is 0 Å². The van der Waals surface area contributed by atoms with E-state index in [-0.39, 0.29) is 34.5 Å².